The van der Waals surface area contributed by atoms with Crippen molar-refractivity contribution in [1.82, 2.24) is 0 Å². The highest BCUT2D eigenvalue weighted by atomic mass is 35.5. The lowest BCUT2D eigenvalue weighted by Crippen LogP contribution is -2.29. The first kappa shape index (κ1) is 16.0. The maximum atomic E-state index is 13.0. The van der Waals surface area contributed by atoms with Crippen molar-refractivity contribution in [3.05, 3.63) is 28.8 Å². The van der Waals surface area contributed by atoms with Crippen LogP contribution in [-0.4, -0.2) is 26.1 Å². The van der Waals surface area contributed by atoms with Crippen molar-refractivity contribution in [2.24, 2.45) is 0 Å². The summed E-state index contributed by atoms with van der Waals surface area (Å²) in [7, 11) is -5.00. The second-order valence-corrected chi connectivity index (χ2v) is 6.52. The number of hydrogen-bond acceptors (Lipinski definition) is 3. The summed E-state index contributed by atoms with van der Waals surface area (Å²) in [5.74, 6) is -0.894. The van der Waals surface area contributed by atoms with E-state index in [1.54, 1.807) is 0 Å². The Labute approximate surface area is 122 Å². The van der Waals surface area contributed by atoms with Crippen LogP contribution in [0.1, 0.15) is 12.0 Å². The molecule has 1 aromatic carbocycles. The number of hydrogen-bond donors (Lipinski definition) is 0. The second kappa shape index (κ2) is 5.13. The molecule has 1 fully saturated rings. The molecule has 1 aliphatic rings. The number of carbonyl (C=O) groups excluding carboxylic acids is 1. The molecule has 2 rings (SSSR count). The SMILES string of the molecule is O=C1CC(S(=O)(=O)F)CN1c1ccc(Cl)cc1C(F)(F)F. The van der Waals surface area contributed by atoms with Gasteiger partial charge in [-0.05, 0) is 18.2 Å². The van der Waals surface area contributed by atoms with Gasteiger partial charge in [0.2, 0.25) is 5.91 Å². The first-order valence-corrected chi connectivity index (χ1v) is 7.43. The van der Waals surface area contributed by atoms with Crippen molar-refractivity contribution in [1.29, 1.82) is 0 Å². The predicted molar refractivity (Wildman–Crippen MR) is 67.2 cm³/mol. The normalized spacial score (nSPS) is 20.1. The van der Waals surface area contributed by atoms with Gasteiger partial charge >= 0.3 is 16.4 Å². The Morgan fingerprint density at radius 1 is 1.29 bits per heavy atom. The Hall–Kier alpha value is -1.35. The quantitative estimate of drug-likeness (QED) is 0.612. The highest BCUT2D eigenvalue weighted by molar-refractivity contribution is 7.87. The fourth-order valence-electron chi connectivity index (χ4n) is 2.07. The molecule has 116 valence electrons. The zero-order valence-electron chi connectivity index (χ0n) is 10.2. The van der Waals surface area contributed by atoms with Crippen LogP contribution in [-0.2, 0) is 21.2 Å². The van der Waals surface area contributed by atoms with Crippen LogP contribution in [0.5, 0.6) is 0 Å². The van der Waals surface area contributed by atoms with E-state index in [-0.39, 0.29) is 5.02 Å². The molecule has 0 radical (unpaired) electrons. The van der Waals surface area contributed by atoms with E-state index in [1.165, 1.54) is 0 Å². The molecule has 1 amide bonds. The van der Waals surface area contributed by atoms with E-state index < -0.39 is 51.8 Å². The monoisotopic (exact) mass is 345 g/mol. The highest BCUT2D eigenvalue weighted by Gasteiger charge is 2.43. The number of nitrogens with zero attached hydrogens (tertiary/aromatic N) is 1. The molecule has 1 saturated heterocycles. The minimum absolute atomic E-state index is 0.188. The molecule has 10 heteroatoms. The Balaban J connectivity index is 2.46. The molecule has 1 aromatic rings. The largest absolute Gasteiger partial charge is 0.418 e. The van der Waals surface area contributed by atoms with E-state index in [2.05, 4.69) is 0 Å². The summed E-state index contributed by atoms with van der Waals surface area (Å²) in [6.07, 6.45) is -5.48. The molecule has 1 heterocycles. The number of alkyl halides is 3. The third-order valence-electron chi connectivity index (χ3n) is 3.04. The van der Waals surface area contributed by atoms with E-state index in [0.717, 1.165) is 12.1 Å². The lowest BCUT2D eigenvalue weighted by Gasteiger charge is -2.21. The standard InChI is InChI=1S/C11H8ClF4NO3S/c12-6-1-2-9(8(3-6)11(13,14)15)17-5-7(4-10(17)18)21(16,19)20/h1-3,7H,4-5H2. The average molecular weight is 346 g/mol. The van der Waals surface area contributed by atoms with Gasteiger partial charge in [-0.3, -0.25) is 4.79 Å². The zero-order chi connectivity index (χ0) is 16.0. The van der Waals surface area contributed by atoms with Crippen molar-refractivity contribution in [2.45, 2.75) is 17.8 Å². The summed E-state index contributed by atoms with van der Waals surface area (Å²) in [6.45, 7) is -0.664. The molecular formula is C11H8ClF4NO3S. The lowest BCUT2D eigenvalue weighted by molar-refractivity contribution is -0.137. The van der Waals surface area contributed by atoms with E-state index >= 15 is 0 Å². The molecule has 0 spiro atoms. The second-order valence-electron chi connectivity index (χ2n) is 4.47. The van der Waals surface area contributed by atoms with Crippen LogP contribution >= 0.6 is 11.6 Å². The fraction of sp³-hybridized carbons (Fsp3) is 0.364. The van der Waals surface area contributed by atoms with E-state index in [4.69, 9.17) is 11.6 Å². The fourth-order valence-corrected chi connectivity index (χ4v) is 2.91. The third kappa shape index (κ3) is 3.29. The van der Waals surface area contributed by atoms with Crippen molar-refractivity contribution in [3.63, 3.8) is 0 Å². The molecule has 4 nitrogen and oxygen atoms in total. The summed E-state index contributed by atoms with van der Waals surface area (Å²) < 4.78 is 73.4. The molecule has 1 atom stereocenters. The van der Waals surface area contributed by atoms with Crippen LogP contribution in [0.4, 0.5) is 22.7 Å². The molecule has 1 unspecified atom stereocenters. The summed E-state index contributed by atoms with van der Waals surface area (Å²) >= 11 is 5.51. The van der Waals surface area contributed by atoms with Gasteiger partial charge in [0.15, 0.2) is 0 Å². The number of amides is 1. The maximum Gasteiger partial charge on any atom is 0.418 e. The van der Waals surface area contributed by atoms with Gasteiger partial charge in [-0.2, -0.15) is 21.6 Å². The summed E-state index contributed by atoms with van der Waals surface area (Å²) in [6, 6.07) is 2.72. The lowest BCUT2D eigenvalue weighted by atomic mass is 10.1. The molecule has 0 bridgehead atoms. The van der Waals surface area contributed by atoms with E-state index in [1.807, 2.05) is 0 Å². The third-order valence-corrected chi connectivity index (χ3v) is 4.39. The van der Waals surface area contributed by atoms with Crippen molar-refractivity contribution in [3.8, 4) is 0 Å². The molecule has 0 saturated carbocycles. The van der Waals surface area contributed by atoms with Gasteiger partial charge in [-0.1, -0.05) is 11.6 Å². The molecule has 21 heavy (non-hydrogen) atoms. The van der Waals surface area contributed by atoms with Crippen molar-refractivity contribution >= 4 is 33.4 Å². The van der Waals surface area contributed by atoms with Crippen LogP contribution in [0.3, 0.4) is 0 Å². The first-order chi connectivity index (χ1) is 9.50. The van der Waals surface area contributed by atoms with Crippen LogP contribution < -0.4 is 4.90 Å². The minimum Gasteiger partial charge on any atom is -0.310 e. The number of carbonyl (C=O) groups is 1. The molecule has 0 aromatic heterocycles. The Morgan fingerprint density at radius 2 is 1.90 bits per heavy atom. The van der Waals surface area contributed by atoms with Crippen LogP contribution in [0.2, 0.25) is 5.02 Å². The molecule has 0 aliphatic carbocycles. The summed E-state index contributed by atoms with van der Waals surface area (Å²) in [4.78, 5) is 12.3. The number of anilines is 1. The highest BCUT2D eigenvalue weighted by Crippen LogP contribution is 2.40. The Kier molecular flexibility index (Phi) is 3.92. The van der Waals surface area contributed by atoms with Gasteiger partial charge in [0, 0.05) is 18.0 Å². The number of halogens is 5. The average Bonchev–Trinajstić information content (AvgIpc) is 2.70. The smallest absolute Gasteiger partial charge is 0.310 e. The van der Waals surface area contributed by atoms with Crippen molar-refractivity contribution in [2.75, 3.05) is 11.4 Å². The van der Waals surface area contributed by atoms with Crippen LogP contribution in [0, 0.1) is 0 Å². The summed E-state index contributed by atoms with van der Waals surface area (Å²) in [5.41, 5.74) is -1.72. The topological polar surface area (TPSA) is 54.5 Å². The predicted octanol–water partition coefficient (Wildman–Crippen LogP) is 2.76. The Morgan fingerprint density at radius 3 is 2.38 bits per heavy atom. The van der Waals surface area contributed by atoms with Gasteiger partial charge in [0.1, 0.15) is 5.25 Å². The summed E-state index contributed by atoms with van der Waals surface area (Å²) in [5, 5.41) is -1.85. The minimum atomic E-state index is -5.00. The van der Waals surface area contributed by atoms with E-state index in [9.17, 15) is 30.3 Å². The first-order valence-electron chi connectivity index (χ1n) is 5.60. The number of rotatable bonds is 2. The van der Waals surface area contributed by atoms with Crippen LogP contribution in [0.15, 0.2) is 18.2 Å². The Bertz CT molecular complexity index is 689. The number of benzene rings is 1. The molecule has 1 aliphatic heterocycles. The van der Waals surface area contributed by atoms with Crippen molar-refractivity contribution < 1.29 is 30.3 Å². The van der Waals surface area contributed by atoms with Crippen LogP contribution in [0.25, 0.3) is 0 Å². The van der Waals surface area contributed by atoms with Gasteiger partial charge in [0.05, 0.1) is 11.3 Å². The molecular weight excluding hydrogens is 338 g/mol. The maximum absolute atomic E-state index is 13.0. The van der Waals surface area contributed by atoms with Gasteiger partial charge < -0.3 is 4.90 Å². The van der Waals surface area contributed by atoms with Gasteiger partial charge in [-0.15, -0.1) is 3.89 Å². The van der Waals surface area contributed by atoms with E-state index in [0.29, 0.717) is 11.0 Å². The van der Waals surface area contributed by atoms with Gasteiger partial charge in [-0.25, -0.2) is 0 Å². The zero-order valence-corrected chi connectivity index (χ0v) is 11.8. The van der Waals surface area contributed by atoms with Gasteiger partial charge in [0.25, 0.3) is 0 Å². The molecule has 0 N–H and O–H groups in total.